The second-order valence-electron chi connectivity index (χ2n) is 37.4. The molecule has 0 saturated heterocycles. The van der Waals surface area contributed by atoms with Gasteiger partial charge in [0.05, 0.1) is 33.4 Å². The highest BCUT2D eigenvalue weighted by Gasteiger charge is 2.31. The molecular formula is C118H114N8O4+4. The molecule has 12 heteroatoms. The van der Waals surface area contributed by atoms with Crippen LogP contribution in [-0.2, 0) is 28.2 Å². The maximum absolute atomic E-state index is 6.43. The molecule has 0 spiro atoms. The van der Waals surface area contributed by atoms with Gasteiger partial charge in [-0.15, -0.1) is 0 Å². The fourth-order valence-electron chi connectivity index (χ4n) is 21.0. The highest BCUT2D eigenvalue weighted by molar-refractivity contribution is 6.13. The third-order valence-corrected chi connectivity index (χ3v) is 28.0. The number of fused-ring (bicyclic) bond motifs is 12. The van der Waals surface area contributed by atoms with Crippen LogP contribution >= 0.6 is 0 Å². The first kappa shape index (κ1) is 84.3. The quantitative estimate of drug-likeness (QED) is 0.111. The van der Waals surface area contributed by atoms with E-state index in [1.807, 2.05) is 39.8 Å². The van der Waals surface area contributed by atoms with E-state index >= 15 is 0 Å². The monoisotopic (exact) mass is 1710 g/mol. The van der Waals surface area contributed by atoms with E-state index < -0.39 is 0 Å². The molecule has 0 aliphatic heterocycles. The highest BCUT2D eigenvalue weighted by Crippen LogP contribution is 2.47. The van der Waals surface area contributed by atoms with Crippen molar-refractivity contribution in [3.05, 3.63) is 335 Å². The molecule has 3 aliphatic rings. The van der Waals surface area contributed by atoms with Crippen LogP contribution in [0.1, 0.15) is 182 Å². The molecule has 12 aromatic heterocycles. The summed E-state index contributed by atoms with van der Waals surface area (Å²) in [6.45, 7) is 21.1. The molecular weight excluding hydrogens is 1590 g/mol. The van der Waals surface area contributed by atoms with Gasteiger partial charge in [-0.05, 0) is 257 Å². The number of nitrogens with zero attached hydrogens (tertiary/aromatic N) is 8. The summed E-state index contributed by atoms with van der Waals surface area (Å²) in [6, 6.07) is 88.1. The summed E-state index contributed by atoms with van der Waals surface area (Å²) < 4.78 is 34.3. The minimum absolute atomic E-state index is 0.482. The van der Waals surface area contributed by atoms with Crippen LogP contribution in [0.5, 0.6) is 0 Å². The van der Waals surface area contributed by atoms with Crippen molar-refractivity contribution in [2.45, 2.75) is 170 Å². The van der Waals surface area contributed by atoms with E-state index in [9.17, 15) is 0 Å². The Morgan fingerprint density at radius 1 is 0.277 bits per heavy atom. The lowest BCUT2D eigenvalue weighted by atomic mass is 9.91. The van der Waals surface area contributed by atoms with E-state index in [4.69, 9.17) is 17.7 Å². The summed E-state index contributed by atoms with van der Waals surface area (Å²) in [4.78, 5) is 18.6. The minimum atomic E-state index is 0.482. The van der Waals surface area contributed by atoms with Gasteiger partial charge in [-0.1, -0.05) is 198 Å². The second kappa shape index (κ2) is 35.3. The maximum atomic E-state index is 6.43. The van der Waals surface area contributed by atoms with Gasteiger partial charge in [0.2, 0.25) is 45.6 Å². The zero-order valence-corrected chi connectivity index (χ0v) is 77.4. The normalized spacial score (nSPS) is 13.8. The van der Waals surface area contributed by atoms with Crippen LogP contribution in [0.15, 0.2) is 285 Å². The van der Waals surface area contributed by atoms with Crippen molar-refractivity contribution in [1.82, 2.24) is 19.9 Å². The number of aryl methyl sites for hydroxylation is 12. The van der Waals surface area contributed by atoms with Crippen LogP contribution in [-0.4, -0.2) is 19.9 Å². The van der Waals surface area contributed by atoms with Crippen LogP contribution in [0, 0.1) is 55.4 Å². The lowest BCUT2D eigenvalue weighted by Crippen LogP contribution is -2.31. The second-order valence-corrected chi connectivity index (χ2v) is 37.4. The number of hydrogen-bond acceptors (Lipinski definition) is 8. The summed E-state index contributed by atoms with van der Waals surface area (Å²) in [5, 5.41) is 8.73. The van der Waals surface area contributed by atoms with Gasteiger partial charge in [0.15, 0.2) is 47.1 Å². The summed E-state index contributed by atoms with van der Waals surface area (Å²) in [6.07, 6.45) is 24.7. The summed E-state index contributed by atoms with van der Waals surface area (Å²) in [5.74, 6) is 2.62. The molecule has 12 heterocycles. The van der Waals surface area contributed by atoms with Crippen LogP contribution < -0.4 is 18.3 Å². The lowest BCUT2D eigenvalue weighted by Gasteiger charge is -2.14. The molecule has 20 aromatic rings. The van der Waals surface area contributed by atoms with Crippen molar-refractivity contribution >= 4 is 88.3 Å². The Morgan fingerprint density at radius 3 is 1.02 bits per heavy atom. The smallest absolute Gasteiger partial charge is 0.227 e. The van der Waals surface area contributed by atoms with Gasteiger partial charge in [-0.3, -0.25) is 0 Å². The number of benzene rings is 8. The number of aromatic nitrogens is 8. The van der Waals surface area contributed by atoms with Gasteiger partial charge in [0.25, 0.3) is 0 Å². The van der Waals surface area contributed by atoms with Gasteiger partial charge < -0.3 is 17.7 Å². The third-order valence-electron chi connectivity index (χ3n) is 28.0. The molecule has 646 valence electrons. The van der Waals surface area contributed by atoms with Crippen molar-refractivity contribution < 1.29 is 35.9 Å². The van der Waals surface area contributed by atoms with E-state index in [-0.39, 0.29) is 0 Å². The molecule has 3 fully saturated rings. The number of furan rings is 4. The Kier molecular flexibility index (Phi) is 22.9. The van der Waals surface area contributed by atoms with E-state index in [1.165, 1.54) is 172 Å². The van der Waals surface area contributed by atoms with Crippen molar-refractivity contribution in [3.63, 3.8) is 0 Å². The fourth-order valence-corrected chi connectivity index (χ4v) is 21.0. The molecule has 12 nitrogen and oxygen atoms in total. The topological polar surface area (TPSA) is 120 Å². The Bertz CT molecular complexity index is 7790. The van der Waals surface area contributed by atoms with Crippen LogP contribution in [0.3, 0.4) is 0 Å². The molecule has 3 aliphatic carbocycles. The van der Waals surface area contributed by atoms with E-state index in [1.54, 1.807) is 0 Å². The Morgan fingerprint density at radius 2 is 0.615 bits per heavy atom. The molecule has 0 radical (unpaired) electrons. The van der Waals surface area contributed by atoms with Crippen molar-refractivity contribution in [3.8, 4) is 89.5 Å². The first-order valence-corrected chi connectivity index (χ1v) is 46.8. The van der Waals surface area contributed by atoms with Crippen LogP contribution in [0.4, 0.5) is 0 Å². The molecule has 0 N–H and O–H groups in total. The molecule has 23 rings (SSSR count). The minimum Gasteiger partial charge on any atom is -0.437 e. The Hall–Kier alpha value is -13.8. The van der Waals surface area contributed by atoms with Crippen molar-refractivity contribution in [2.75, 3.05) is 0 Å². The highest BCUT2D eigenvalue weighted by atomic mass is 16.4. The van der Waals surface area contributed by atoms with Gasteiger partial charge in [-0.2, -0.15) is 0 Å². The largest absolute Gasteiger partial charge is 0.437 e. The predicted molar refractivity (Wildman–Crippen MR) is 530 cm³/mol. The van der Waals surface area contributed by atoms with Crippen molar-refractivity contribution in [1.29, 1.82) is 0 Å². The number of pyridine rings is 8. The van der Waals surface area contributed by atoms with E-state index in [2.05, 4.69) is 363 Å². The molecule has 8 aromatic carbocycles. The van der Waals surface area contributed by atoms with E-state index in [0.717, 1.165) is 133 Å². The Balaban J connectivity index is 0.000000108. The van der Waals surface area contributed by atoms with Crippen LogP contribution in [0.25, 0.3) is 178 Å². The van der Waals surface area contributed by atoms with Gasteiger partial charge >= 0.3 is 0 Å². The average Bonchev–Trinajstić information content (AvgIpc) is 1.55. The molecule has 0 amide bonds. The third kappa shape index (κ3) is 16.1. The first-order valence-electron chi connectivity index (χ1n) is 46.8. The lowest BCUT2D eigenvalue weighted by molar-refractivity contribution is -0.660. The summed E-state index contributed by atoms with van der Waals surface area (Å²) in [7, 11) is 8.47. The standard InChI is InChI=1S/3C30H29N2O.C28H27N2O/c1-19-13-15-25-26-16-14-20(2)31-30(26)33-29(25)27(19)28-24(12-7-17-32(28)3)23-11-6-10-22(18-23)21-8-4-5-9-21;1-19-11-14-25-26-15-12-20(2)31-30(26)33-29(25)28(19)27-16-13-24(18-32(27)3)23-10-6-9-22(17-23)21-7-4-5-8-21;1-19-11-13-25-26-14-12-20(2)31-30(26)33-29(25)28(19)27-18-24(15-16-32(27)3)23-10-6-9-22(17-23)21-7-4-5-8-21;1-17(2)20-8-6-9-21(16-20)22-10-7-15-30(5)26(22)25-18(3)11-13-23-24-14-12-19(4)29-28(24)31-27(23)25/h6-7,10-18,21H,4-5,8-9H2,1-3H3;2*6,9-18,21H,4-5,7-8H2,1-3H3;6-17H,1-5H3/q4*+1. The van der Waals surface area contributed by atoms with E-state index in [0.29, 0.717) is 40.6 Å². The van der Waals surface area contributed by atoms with Gasteiger partial charge in [0, 0.05) is 102 Å². The maximum Gasteiger partial charge on any atom is 0.227 e. The van der Waals surface area contributed by atoms with Crippen LogP contribution in [0.2, 0.25) is 0 Å². The molecule has 3 saturated carbocycles. The predicted octanol–water partition coefficient (Wildman–Crippen LogP) is 29.1. The van der Waals surface area contributed by atoms with Gasteiger partial charge in [-0.25, -0.2) is 38.2 Å². The molecule has 0 unspecified atom stereocenters. The fraction of sp³-hybridized carbons (Fsp3) is 0.254. The summed E-state index contributed by atoms with van der Waals surface area (Å²) in [5.41, 5.74) is 40.1. The van der Waals surface area contributed by atoms with Crippen molar-refractivity contribution in [2.24, 2.45) is 28.2 Å². The average molecular weight is 1710 g/mol. The SMILES string of the molecule is Cc1ccc2c(n1)oc1c(-c3c(-c4cccc(C(C)C)c4)ccc[n+]3C)c(C)ccc12.Cc1ccc2c(n1)oc1c(-c3c(-c4cccc(C5CCCC5)c4)ccc[n+]3C)c(C)ccc12.Cc1ccc2c(n1)oc1c(-c3cc(-c4cccc(C5CCCC5)c4)cc[n+]3C)c(C)ccc12.Cc1ccc2c(n1)oc1c(-c3ccc(-c4cccc(C5CCCC5)c4)c[n+]3C)c(C)ccc12. The zero-order valence-electron chi connectivity index (χ0n) is 77.4. The molecule has 130 heavy (non-hydrogen) atoms. The molecule has 0 atom stereocenters. The van der Waals surface area contributed by atoms with Gasteiger partial charge in [0.1, 0.15) is 28.2 Å². The zero-order chi connectivity index (χ0) is 89.3. The number of hydrogen-bond donors (Lipinski definition) is 0. The summed E-state index contributed by atoms with van der Waals surface area (Å²) >= 11 is 0. The molecule has 0 bridgehead atoms. The first-order chi connectivity index (χ1) is 63.2. The Labute approximate surface area is 761 Å². The number of rotatable bonds is 12.